The van der Waals surface area contributed by atoms with Gasteiger partial charge in [0, 0.05) is 13.6 Å². The van der Waals surface area contributed by atoms with Gasteiger partial charge < -0.3 is 15.0 Å². The molecule has 0 radical (unpaired) electrons. The highest BCUT2D eigenvalue weighted by Gasteiger charge is 2.34. The zero-order chi connectivity index (χ0) is 28.7. The smallest absolute Gasteiger partial charge is 0.264 e. The van der Waals surface area contributed by atoms with Crippen molar-refractivity contribution in [3.05, 3.63) is 89.0 Å². The maximum absolute atomic E-state index is 14.0. The van der Waals surface area contributed by atoms with E-state index in [2.05, 4.69) is 5.32 Å². The van der Waals surface area contributed by atoms with Gasteiger partial charge >= 0.3 is 0 Å². The summed E-state index contributed by atoms with van der Waals surface area (Å²) in [5.41, 5.74) is 3.77. The van der Waals surface area contributed by atoms with Crippen LogP contribution in [-0.2, 0) is 26.2 Å². The SMILES string of the molecule is CCC(C(=O)NC)N(Cc1ccc(OC)cc1)C(=O)CN(c1cccc(C)c1C)S(=O)(=O)c1ccc(C)cc1. The van der Waals surface area contributed by atoms with Crippen molar-refractivity contribution >= 4 is 27.5 Å². The van der Waals surface area contributed by atoms with Crippen molar-refractivity contribution in [1.29, 1.82) is 0 Å². The Bertz CT molecular complexity index is 1400. The lowest BCUT2D eigenvalue weighted by Gasteiger charge is -2.33. The summed E-state index contributed by atoms with van der Waals surface area (Å²) in [6.07, 6.45) is 0.357. The van der Waals surface area contributed by atoms with Crippen LogP contribution in [0.3, 0.4) is 0 Å². The van der Waals surface area contributed by atoms with Crippen molar-refractivity contribution in [2.45, 2.75) is 51.6 Å². The maximum Gasteiger partial charge on any atom is 0.264 e. The largest absolute Gasteiger partial charge is 0.497 e. The van der Waals surface area contributed by atoms with E-state index in [-0.39, 0.29) is 17.3 Å². The van der Waals surface area contributed by atoms with Gasteiger partial charge in [-0.2, -0.15) is 0 Å². The van der Waals surface area contributed by atoms with E-state index in [9.17, 15) is 18.0 Å². The molecule has 39 heavy (non-hydrogen) atoms. The molecule has 0 aromatic heterocycles. The second kappa shape index (κ2) is 12.8. The third kappa shape index (κ3) is 6.78. The van der Waals surface area contributed by atoms with Crippen molar-refractivity contribution in [3.8, 4) is 5.75 Å². The second-order valence-electron chi connectivity index (χ2n) is 9.45. The third-order valence-electron chi connectivity index (χ3n) is 6.88. The van der Waals surface area contributed by atoms with Crippen LogP contribution in [0.15, 0.2) is 71.6 Å². The van der Waals surface area contributed by atoms with Crippen molar-refractivity contribution in [1.82, 2.24) is 10.2 Å². The molecule has 3 rings (SSSR count). The molecule has 8 nitrogen and oxygen atoms in total. The van der Waals surface area contributed by atoms with Gasteiger partial charge in [0.1, 0.15) is 18.3 Å². The highest BCUT2D eigenvalue weighted by atomic mass is 32.2. The Morgan fingerprint density at radius 2 is 1.59 bits per heavy atom. The van der Waals surface area contributed by atoms with Gasteiger partial charge in [0.15, 0.2) is 0 Å². The minimum absolute atomic E-state index is 0.0850. The number of rotatable bonds is 11. The van der Waals surface area contributed by atoms with Crippen molar-refractivity contribution in [3.63, 3.8) is 0 Å². The fourth-order valence-electron chi connectivity index (χ4n) is 4.37. The van der Waals surface area contributed by atoms with Crippen LogP contribution in [0.5, 0.6) is 5.75 Å². The van der Waals surface area contributed by atoms with Gasteiger partial charge in [0.2, 0.25) is 11.8 Å². The molecular formula is C30H37N3O5S. The number of sulfonamides is 1. The van der Waals surface area contributed by atoms with E-state index in [0.29, 0.717) is 17.9 Å². The molecule has 0 saturated heterocycles. The monoisotopic (exact) mass is 551 g/mol. The Kier molecular flexibility index (Phi) is 9.75. The van der Waals surface area contributed by atoms with E-state index < -0.39 is 28.5 Å². The first kappa shape index (κ1) is 29.7. The number of carbonyl (C=O) groups is 2. The van der Waals surface area contributed by atoms with Crippen LogP contribution in [-0.4, -0.2) is 51.9 Å². The molecule has 1 atom stereocenters. The van der Waals surface area contributed by atoms with Gasteiger partial charge in [-0.15, -0.1) is 0 Å². The molecule has 1 N–H and O–H groups in total. The number of nitrogens with zero attached hydrogens (tertiary/aromatic N) is 2. The topological polar surface area (TPSA) is 96.0 Å². The summed E-state index contributed by atoms with van der Waals surface area (Å²) >= 11 is 0. The van der Waals surface area contributed by atoms with E-state index in [1.807, 2.05) is 45.9 Å². The molecule has 1 unspecified atom stereocenters. The Morgan fingerprint density at radius 3 is 2.15 bits per heavy atom. The molecular weight excluding hydrogens is 514 g/mol. The summed E-state index contributed by atoms with van der Waals surface area (Å²) in [7, 11) is -1.02. The Hall–Kier alpha value is -3.85. The molecule has 0 spiro atoms. The summed E-state index contributed by atoms with van der Waals surface area (Å²) < 4.78 is 34.4. The standard InChI is InChI=1S/C30H37N3O5S/c1-7-27(30(35)31-5)32(19-24-13-15-25(38-6)16-14-24)29(34)20-33(28-10-8-9-22(3)23(28)4)39(36,37)26-17-11-21(2)12-18-26/h8-18,27H,7,19-20H2,1-6H3,(H,31,35). The Labute approximate surface area is 231 Å². The lowest BCUT2D eigenvalue weighted by Crippen LogP contribution is -2.51. The fraction of sp³-hybridized carbons (Fsp3) is 0.333. The highest BCUT2D eigenvalue weighted by Crippen LogP contribution is 2.29. The average molecular weight is 552 g/mol. The van der Waals surface area contributed by atoms with Crippen LogP contribution < -0.4 is 14.4 Å². The number of benzene rings is 3. The summed E-state index contributed by atoms with van der Waals surface area (Å²) in [5.74, 6) is -0.142. The van der Waals surface area contributed by atoms with Crippen molar-refractivity contribution < 1.29 is 22.7 Å². The zero-order valence-electron chi connectivity index (χ0n) is 23.4. The van der Waals surface area contributed by atoms with Gasteiger partial charge in [-0.3, -0.25) is 13.9 Å². The number of methoxy groups -OCH3 is 1. The molecule has 0 aliphatic rings. The zero-order valence-corrected chi connectivity index (χ0v) is 24.2. The lowest BCUT2D eigenvalue weighted by molar-refractivity contribution is -0.140. The van der Waals surface area contributed by atoms with Gasteiger partial charge in [-0.25, -0.2) is 8.42 Å². The molecule has 0 saturated carbocycles. The molecule has 208 valence electrons. The Morgan fingerprint density at radius 1 is 0.949 bits per heavy atom. The van der Waals surface area contributed by atoms with E-state index in [4.69, 9.17) is 4.74 Å². The van der Waals surface area contributed by atoms with Crippen LogP contribution in [0.2, 0.25) is 0 Å². The predicted octanol–water partition coefficient (Wildman–Crippen LogP) is 4.37. The van der Waals surface area contributed by atoms with Gasteiger partial charge in [0.05, 0.1) is 17.7 Å². The molecule has 0 aliphatic heterocycles. The first-order valence-electron chi connectivity index (χ1n) is 12.8. The number of amides is 2. The first-order chi connectivity index (χ1) is 18.5. The molecule has 3 aromatic rings. The molecule has 3 aromatic carbocycles. The minimum atomic E-state index is -4.11. The quantitative estimate of drug-likeness (QED) is 0.382. The molecule has 2 amide bonds. The summed E-state index contributed by atoms with van der Waals surface area (Å²) in [5, 5.41) is 2.63. The van der Waals surface area contributed by atoms with E-state index >= 15 is 0 Å². The summed E-state index contributed by atoms with van der Waals surface area (Å²) in [4.78, 5) is 28.4. The van der Waals surface area contributed by atoms with E-state index in [1.165, 1.54) is 11.9 Å². The number of hydrogen-bond acceptors (Lipinski definition) is 5. The van der Waals surface area contributed by atoms with Crippen LogP contribution in [0, 0.1) is 20.8 Å². The maximum atomic E-state index is 14.0. The van der Waals surface area contributed by atoms with Crippen LogP contribution >= 0.6 is 0 Å². The van der Waals surface area contributed by atoms with Crippen molar-refractivity contribution in [2.75, 3.05) is 25.0 Å². The molecule has 0 heterocycles. The van der Waals surface area contributed by atoms with Crippen LogP contribution in [0.25, 0.3) is 0 Å². The summed E-state index contributed by atoms with van der Waals surface area (Å²) in [6, 6.07) is 18.3. The number of hydrogen-bond donors (Lipinski definition) is 1. The number of likely N-dealkylation sites (N-methyl/N-ethyl adjacent to an activating group) is 1. The fourth-order valence-corrected chi connectivity index (χ4v) is 5.84. The van der Waals surface area contributed by atoms with Crippen LogP contribution in [0.4, 0.5) is 5.69 Å². The normalized spacial score (nSPS) is 11.9. The van der Waals surface area contributed by atoms with Crippen LogP contribution in [0.1, 0.15) is 35.6 Å². The molecule has 0 aliphatic carbocycles. The lowest BCUT2D eigenvalue weighted by atomic mass is 10.1. The molecule has 0 bridgehead atoms. The van der Waals surface area contributed by atoms with E-state index in [1.54, 1.807) is 55.6 Å². The van der Waals surface area contributed by atoms with E-state index in [0.717, 1.165) is 26.6 Å². The van der Waals surface area contributed by atoms with Crippen molar-refractivity contribution in [2.24, 2.45) is 0 Å². The predicted molar refractivity (Wildman–Crippen MR) is 153 cm³/mol. The highest BCUT2D eigenvalue weighted by molar-refractivity contribution is 7.92. The second-order valence-corrected chi connectivity index (χ2v) is 11.3. The number of nitrogens with one attached hydrogen (secondary N) is 1. The third-order valence-corrected chi connectivity index (χ3v) is 8.65. The van der Waals surface area contributed by atoms with Gasteiger partial charge in [-0.1, -0.05) is 48.9 Å². The van der Waals surface area contributed by atoms with Gasteiger partial charge in [0.25, 0.3) is 10.0 Å². The number of ether oxygens (including phenoxy) is 1. The Balaban J connectivity index is 2.09. The number of anilines is 1. The molecule has 0 fully saturated rings. The van der Waals surface area contributed by atoms with Gasteiger partial charge in [-0.05, 0) is 74.2 Å². The summed E-state index contributed by atoms with van der Waals surface area (Å²) in [6.45, 7) is 7.08. The number of carbonyl (C=O) groups excluding carboxylic acids is 2. The average Bonchev–Trinajstić information content (AvgIpc) is 2.93. The minimum Gasteiger partial charge on any atom is -0.497 e. The first-order valence-corrected chi connectivity index (χ1v) is 14.3. The molecule has 9 heteroatoms. The number of aryl methyl sites for hydroxylation is 2.